The number of nitrogens with zero attached hydrogens (tertiary/aromatic N) is 1. The number of rotatable bonds is 2. The molecule has 1 aromatic heterocycles. The van der Waals surface area contributed by atoms with Gasteiger partial charge < -0.3 is 10.3 Å². The van der Waals surface area contributed by atoms with Crippen molar-refractivity contribution in [1.29, 1.82) is 0 Å². The van der Waals surface area contributed by atoms with Gasteiger partial charge in [-0.15, -0.1) is 0 Å². The zero-order chi connectivity index (χ0) is 14.8. The van der Waals surface area contributed by atoms with Crippen molar-refractivity contribution in [3.63, 3.8) is 0 Å². The van der Waals surface area contributed by atoms with Gasteiger partial charge in [-0.25, -0.2) is 9.78 Å². The summed E-state index contributed by atoms with van der Waals surface area (Å²) in [7, 11) is 0. The number of benzene rings is 2. The number of amides is 2. The van der Waals surface area contributed by atoms with Crippen LogP contribution >= 0.6 is 11.6 Å². The van der Waals surface area contributed by atoms with Gasteiger partial charge in [-0.1, -0.05) is 17.7 Å². The summed E-state index contributed by atoms with van der Waals surface area (Å²) in [5.41, 5.74) is 3.48. The molecule has 21 heavy (non-hydrogen) atoms. The molecule has 2 aromatic carbocycles. The first-order valence-electron chi connectivity index (χ1n) is 6.40. The Hall–Kier alpha value is -2.53. The Morgan fingerprint density at radius 2 is 1.90 bits per heavy atom. The van der Waals surface area contributed by atoms with Gasteiger partial charge >= 0.3 is 6.03 Å². The van der Waals surface area contributed by atoms with Crippen LogP contribution in [-0.2, 0) is 0 Å². The van der Waals surface area contributed by atoms with Crippen LogP contribution in [0.1, 0.15) is 5.56 Å². The first-order valence-corrected chi connectivity index (χ1v) is 6.78. The van der Waals surface area contributed by atoms with Crippen molar-refractivity contribution in [3.8, 4) is 0 Å². The number of aromatic nitrogens is 2. The Morgan fingerprint density at radius 1 is 1.14 bits per heavy atom. The summed E-state index contributed by atoms with van der Waals surface area (Å²) in [6.07, 6.45) is 0. The molecule has 0 aliphatic heterocycles. The molecule has 1 heterocycles. The maximum absolute atomic E-state index is 11.9. The molecule has 0 radical (unpaired) electrons. The summed E-state index contributed by atoms with van der Waals surface area (Å²) in [4.78, 5) is 19.3. The molecule has 0 atom stereocenters. The van der Waals surface area contributed by atoms with Crippen LogP contribution in [0.2, 0.25) is 5.02 Å². The molecule has 3 N–H and O–H groups in total. The van der Waals surface area contributed by atoms with Crippen LogP contribution in [0.15, 0.2) is 42.5 Å². The fourth-order valence-electron chi connectivity index (χ4n) is 1.99. The lowest BCUT2D eigenvalue weighted by atomic mass is 10.2. The number of carbonyl (C=O) groups is 1. The number of fused-ring (bicyclic) bond motifs is 1. The van der Waals surface area contributed by atoms with Crippen LogP contribution in [0, 0.1) is 6.92 Å². The fourth-order valence-corrected chi connectivity index (χ4v) is 2.11. The summed E-state index contributed by atoms with van der Waals surface area (Å²) in [6.45, 7) is 2.00. The molecule has 0 saturated heterocycles. The highest BCUT2D eigenvalue weighted by Crippen LogP contribution is 2.16. The van der Waals surface area contributed by atoms with Gasteiger partial charge in [0.05, 0.1) is 11.0 Å². The number of aryl methyl sites for hydroxylation is 1. The number of anilines is 2. The monoisotopic (exact) mass is 300 g/mol. The summed E-state index contributed by atoms with van der Waals surface area (Å²) >= 11 is 5.79. The van der Waals surface area contributed by atoms with Gasteiger partial charge in [-0.05, 0) is 48.9 Å². The van der Waals surface area contributed by atoms with Crippen LogP contribution in [0.3, 0.4) is 0 Å². The Kier molecular flexibility index (Phi) is 3.50. The van der Waals surface area contributed by atoms with Crippen molar-refractivity contribution >= 4 is 40.3 Å². The largest absolute Gasteiger partial charge is 0.326 e. The van der Waals surface area contributed by atoms with E-state index in [1.807, 2.05) is 25.1 Å². The molecule has 106 valence electrons. The summed E-state index contributed by atoms with van der Waals surface area (Å²) in [5, 5.41) is 5.99. The van der Waals surface area contributed by atoms with E-state index < -0.39 is 0 Å². The summed E-state index contributed by atoms with van der Waals surface area (Å²) < 4.78 is 0. The molecular weight excluding hydrogens is 288 g/mol. The fraction of sp³-hybridized carbons (Fsp3) is 0.0667. The van der Waals surface area contributed by atoms with E-state index in [0.717, 1.165) is 16.6 Å². The molecule has 0 bridgehead atoms. The lowest BCUT2D eigenvalue weighted by Gasteiger charge is -2.05. The van der Waals surface area contributed by atoms with E-state index in [1.165, 1.54) is 0 Å². The topological polar surface area (TPSA) is 69.8 Å². The lowest BCUT2D eigenvalue weighted by Crippen LogP contribution is -2.20. The van der Waals surface area contributed by atoms with Crippen molar-refractivity contribution < 1.29 is 4.79 Å². The smallest absolute Gasteiger partial charge is 0.324 e. The average molecular weight is 301 g/mol. The maximum atomic E-state index is 11.9. The number of urea groups is 1. The van der Waals surface area contributed by atoms with E-state index in [4.69, 9.17) is 11.6 Å². The maximum Gasteiger partial charge on any atom is 0.326 e. The highest BCUT2D eigenvalue weighted by Gasteiger charge is 2.07. The molecule has 5 nitrogen and oxygen atoms in total. The molecule has 0 aliphatic rings. The summed E-state index contributed by atoms with van der Waals surface area (Å²) in [6, 6.07) is 12.4. The second-order valence-corrected chi connectivity index (χ2v) is 5.13. The Morgan fingerprint density at radius 3 is 2.67 bits per heavy atom. The summed E-state index contributed by atoms with van der Waals surface area (Å²) in [5.74, 6) is 0.405. The number of nitrogens with one attached hydrogen (secondary N) is 3. The average Bonchev–Trinajstić information content (AvgIpc) is 2.82. The highest BCUT2D eigenvalue weighted by atomic mass is 35.5. The van der Waals surface area contributed by atoms with E-state index in [2.05, 4.69) is 20.6 Å². The standard InChI is InChI=1S/C15H13ClN4O/c1-9-2-7-12-13(8-9)19-14(18-12)20-15(21)17-11-5-3-10(16)4-6-11/h2-8H,1H3,(H3,17,18,19,20,21). The molecule has 0 unspecified atom stereocenters. The molecule has 0 saturated carbocycles. The third-order valence-electron chi connectivity index (χ3n) is 2.97. The van der Waals surface area contributed by atoms with E-state index in [0.29, 0.717) is 16.7 Å². The molecule has 0 spiro atoms. The van der Waals surface area contributed by atoms with Crippen molar-refractivity contribution in [3.05, 3.63) is 53.1 Å². The van der Waals surface area contributed by atoms with Crippen molar-refractivity contribution in [1.82, 2.24) is 9.97 Å². The van der Waals surface area contributed by atoms with Crippen molar-refractivity contribution in [2.45, 2.75) is 6.92 Å². The Bertz CT molecular complexity index is 795. The van der Waals surface area contributed by atoms with Gasteiger partial charge in [0, 0.05) is 10.7 Å². The molecule has 6 heteroatoms. The van der Waals surface area contributed by atoms with Crippen molar-refractivity contribution in [2.75, 3.05) is 10.6 Å². The number of aromatic amines is 1. The zero-order valence-corrected chi connectivity index (χ0v) is 12.0. The minimum Gasteiger partial charge on any atom is -0.324 e. The van der Waals surface area contributed by atoms with Gasteiger partial charge in [-0.3, -0.25) is 5.32 Å². The van der Waals surface area contributed by atoms with Gasteiger partial charge in [0.1, 0.15) is 0 Å². The first kappa shape index (κ1) is 13.5. The van der Waals surface area contributed by atoms with E-state index in [-0.39, 0.29) is 6.03 Å². The zero-order valence-electron chi connectivity index (χ0n) is 11.3. The van der Waals surface area contributed by atoms with Crippen LogP contribution in [0.5, 0.6) is 0 Å². The van der Waals surface area contributed by atoms with E-state index in [1.54, 1.807) is 24.3 Å². The number of H-pyrrole nitrogens is 1. The predicted octanol–water partition coefficient (Wildman–Crippen LogP) is 4.17. The molecule has 0 fully saturated rings. The van der Waals surface area contributed by atoms with E-state index in [9.17, 15) is 4.79 Å². The van der Waals surface area contributed by atoms with Crippen molar-refractivity contribution in [2.24, 2.45) is 0 Å². The predicted molar refractivity (Wildman–Crippen MR) is 84.9 cm³/mol. The second kappa shape index (κ2) is 5.46. The SMILES string of the molecule is Cc1ccc2nc(NC(=O)Nc3ccc(Cl)cc3)[nH]c2c1. The van der Waals surface area contributed by atoms with Crippen LogP contribution in [0.25, 0.3) is 11.0 Å². The first-order chi connectivity index (χ1) is 10.1. The lowest BCUT2D eigenvalue weighted by molar-refractivity contribution is 0.262. The number of halogens is 1. The normalized spacial score (nSPS) is 10.6. The molecule has 0 aliphatic carbocycles. The quantitative estimate of drug-likeness (QED) is 0.665. The number of carbonyl (C=O) groups excluding carboxylic acids is 1. The third kappa shape index (κ3) is 3.14. The van der Waals surface area contributed by atoms with Gasteiger partial charge in [0.25, 0.3) is 0 Å². The number of imidazole rings is 1. The third-order valence-corrected chi connectivity index (χ3v) is 3.22. The van der Waals surface area contributed by atoms with Gasteiger partial charge in [0.2, 0.25) is 5.95 Å². The minimum absolute atomic E-state index is 0.367. The minimum atomic E-state index is -0.367. The molecule has 3 rings (SSSR count). The Balaban J connectivity index is 1.72. The Labute approximate surface area is 126 Å². The van der Waals surface area contributed by atoms with Crippen LogP contribution < -0.4 is 10.6 Å². The van der Waals surface area contributed by atoms with Crippen LogP contribution in [-0.4, -0.2) is 16.0 Å². The molecule has 3 aromatic rings. The number of hydrogen-bond donors (Lipinski definition) is 3. The highest BCUT2D eigenvalue weighted by molar-refractivity contribution is 6.30. The van der Waals surface area contributed by atoms with Gasteiger partial charge in [-0.2, -0.15) is 0 Å². The van der Waals surface area contributed by atoms with E-state index >= 15 is 0 Å². The molecule has 2 amide bonds. The van der Waals surface area contributed by atoms with Gasteiger partial charge in [0.15, 0.2) is 0 Å². The van der Waals surface area contributed by atoms with Crippen LogP contribution in [0.4, 0.5) is 16.4 Å². The number of hydrogen-bond acceptors (Lipinski definition) is 2. The second-order valence-electron chi connectivity index (χ2n) is 4.69. The molecular formula is C15H13ClN4O.